The molecular weight excluding hydrogens is 486 g/mol. The summed E-state index contributed by atoms with van der Waals surface area (Å²) in [5.74, 6) is -0.550. The average Bonchev–Trinajstić information content (AvgIpc) is 2.97. The molecule has 6 heteroatoms. The number of carbonyl (C=O) groups excluding carboxylic acids is 2. The van der Waals surface area contributed by atoms with Crippen molar-refractivity contribution in [3.05, 3.63) is 95.1 Å². The van der Waals surface area contributed by atoms with Gasteiger partial charge >= 0.3 is 0 Å². The van der Waals surface area contributed by atoms with Crippen LogP contribution in [0.25, 0.3) is 11.1 Å². The Morgan fingerprint density at radius 1 is 0.949 bits per heavy atom. The van der Waals surface area contributed by atoms with E-state index in [1.165, 1.54) is 0 Å². The van der Waals surface area contributed by atoms with Gasteiger partial charge < -0.3 is 15.3 Å². The summed E-state index contributed by atoms with van der Waals surface area (Å²) in [4.78, 5) is 28.7. The van der Waals surface area contributed by atoms with E-state index in [2.05, 4.69) is 25.2 Å². The average molecular weight is 526 g/mol. The summed E-state index contributed by atoms with van der Waals surface area (Å²) in [5.41, 5.74) is 3.46. The lowest BCUT2D eigenvalue weighted by Crippen LogP contribution is -2.45. The monoisotopic (exact) mass is 525 g/mol. The van der Waals surface area contributed by atoms with Crippen LogP contribution in [0.5, 0.6) is 0 Å². The first-order valence-electron chi connectivity index (χ1n) is 13.8. The number of nitrogens with zero attached hydrogens (tertiary/aromatic N) is 2. The van der Waals surface area contributed by atoms with Crippen molar-refractivity contribution in [3.8, 4) is 17.2 Å². The van der Waals surface area contributed by atoms with Gasteiger partial charge in [0.05, 0.1) is 23.8 Å². The Bertz CT molecular complexity index is 1280. The smallest absolute Gasteiger partial charge is 0.253 e. The SMILES string of the molecule is CCCC[C@H](O)[C@H](Cc1ccccc1)NC(=O)c1cc(C(=O)N(C)CCCC)cc(-c2ccccc2C#N)c1. The molecule has 0 aromatic heterocycles. The number of aliphatic hydroxyl groups is 1. The minimum Gasteiger partial charge on any atom is -0.391 e. The summed E-state index contributed by atoms with van der Waals surface area (Å²) in [6.07, 6.45) is 3.99. The van der Waals surface area contributed by atoms with Crippen molar-refractivity contribution in [2.75, 3.05) is 13.6 Å². The number of nitriles is 1. The van der Waals surface area contributed by atoms with Gasteiger partial charge in [0.25, 0.3) is 11.8 Å². The maximum absolute atomic E-state index is 13.7. The van der Waals surface area contributed by atoms with Crippen molar-refractivity contribution in [1.29, 1.82) is 5.26 Å². The van der Waals surface area contributed by atoms with Crippen molar-refractivity contribution >= 4 is 11.8 Å². The maximum atomic E-state index is 13.7. The van der Waals surface area contributed by atoms with E-state index < -0.39 is 12.1 Å². The zero-order valence-corrected chi connectivity index (χ0v) is 23.2. The molecule has 0 spiro atoms. The van der Waals surface area contributed by atoms with E-state index in [0.717, 1.165) is 31.2 Å². The van der Waals surface area contributed by atoms with E-state index in [4.69, 9.17) is 0 Å². The molecule has 3 rings (SSSR count). The van der Waals surface area contributed by atoms with Gasteiger partial charge in [-0.2, -0.15) is 5.26 Å². The second-order valence-corrected chi connectivity index (χ2v) is 10.0. The molecule has 2 amide bonds. The first-order chi connectivity index (χ1) is 18.9. The molecule has 0 bridgehead atoms. The zero-order chi connectivity index (χ0) is 28.2. The molecule has 0 radical (unpaired) electrons. The van der Waals surface area contributed by atoms with Crippen LogP contribution in [0.1, 0.15) is 77.8 Å². The highest BCUT2D eigenvalue weighted by molar-refractivity contribution is 6.01. The number of hydrogen-bond donors (Lipinski definition) is 2. The van der Waals surface area contributed by atoms with Gasteiger partial charge in [-0.05, 0) is 60.2 Å². The third kappa shape index (κ3) is 8.27. The van der Waals surface area contributed by atoms with E-state index in [9.17, 15) is 20.0 Å². The maximum Gasteiger partial charge on any atom is 0.253 e. The number of unbranched alkanes of at least 4 members (excludes halogenated alkanes) is 2. The molecule has 39 heavy (non-hydrogen) atoms. The van der Waals surface area contributed by atoms with E-state index in [1.54, 1.807) is 42.3 Å². The molecule has 0 unspecified atom stereocenters. The van der Waals surface area contributed by atoms with E-state index in [1.807, 2.05) is 42.5 Å². The summed E-state index contributed by atoms with van der Waals surface area (Å²) in [7, 11) is 1.76. The number of rotatable bonds is 13. The highest BCUT2D eigenvalue weighted by Gasteiger charge is 2.24. The van der Waals surface area contributed by atoms with Crippen molar-refractivity contribution in [3.63, 3.8) is 0 Å². The molecule has 0 saturated carbocycles. The number of amides is 2. The van der Waals surface area contributed by atoms with Gasteiger partial charge in [-0.25, -0.2) is 0 Å². The lowest BCUT2D eigenvalue weighted by Gasteiger charge is -2.25. The fourth-order valence-corrected chi connectivity index (χ4v) is 4.60. The van der Waals surface area contributed by atoms with Crippen LogP contribution in [0.2, 0.25) is 0 Å². The molecule has 0 heterocycles. The van der Waals surface area contributed by atoms with Gasteiger partial charge in [0.15, 0.2) is 0 Å². The molecule has 0 aliphatic heterocycles. The van der Waals surface area contributed by atoms with Crippen LogP contribution in [0, 0.1) is 11.3 Å². The topological polar surface area (TPSA) is 93.4 Å². The fourth-order valence-electron chi connectivity index (χ4n) is 4.60. The third-order valence-electron chi connectivity index (χ3n) is 6.93. The van der Waals surface area contributed by atoms with Crippen molar-refractivity contribution in [2.45, 2.75) is 64.5 Å². The Morgan fingerprint density at radius 3 is 2.31 bits per heavy atom. The van der Waals surface area contributed by atoms with Crippen LogP contribution in [0.3, 0.4) is 0 Å². The van der Waals surface area contributed by atoms with Crippen molar-refractivity contribution in [2.24, 2.45) is 0 Å². The number of nitrogens with one attached hydrogen (secondary N) is 1. The zero-order valence-electron chi connectivity index (χ0n) is 23.2. The molecule has 3 aromatic carbocycles. The summed E-state index contributed by atoms with van der Waals surface area (Å²) in [5, 5.41) is 23.7. The molecular formula is C33H39N3O3. The largest absolute Gasteiger partial charge is 0.391 e. The van der Waals surface area contributed by atoms with Crippen LogP contribution < -0.4 is 5.32 Å². The Kier molecular flexibility index (Phi) is 11.3. The van der Waals surface area contributed by atoms with Crippen molar-refractivity contribution in [1.82, 2.24) is 10.2 Å². The van der Waals surface area contributed by atoms with Crippen molar-refractivity contribution < 1.29 is 14.7 Å². The number of hydrogen-bond acceptors (Lipinski definition) is 4. The predicted molar refractivity (Wildman–Crippen MR) is 155 cm³/mol. The molecule has 0 saturated heterocycles. The first-order valence-corrected chi connectivity index (χ1v) is 13.8. The fraction of sp³-hybridized carbons (Fsp3) is 0.364. The summed E-state index contributed by atoms with van der Waals surface area (Å²) >= 11 is 0. The lowest BCUT2D eigenvalue weighted by molar-refractivity contribution is 0.0793. The molecule has 6 nitrogen and oxygen atoms in total. The predicted octanol–water partition coefficient (Wildman–Crippen LogP) is 5.99. The van der Waals surface area contributed by atoms with Crippen LogP contribution >= 0.6 is 0 Å². The minimum atomic E-state index is -0.710. The molecule has 0 fully saturated rings. The quantitative estimate of drug-likeness (QED) is 0.287. The number of aliphatic hydroxyl groups excluding tert-OH is 1. The third-order valence-corrected chi connectivity index (χ3v) is 6.93. The Balaban J connectivity index is 2.00. The van der Waals surface area contributed by atoms with E-state index >= 15 is 0 Å². The highest BCUT2D eigenvalue weighted by Crippen LogP contribution is 2.27. The molecule has 0 aliphatic carbocycles. The van der Waals surface area contributed by atoms with Crippen LogP contribution in [0.15, 0.2) is 72.8 Å². The van der Waals surface area contributed by atoms with Gasteiger partial charge in [0.2, 0.25) is 0 Å². The van der Waals surface area contributed by atoms with Gasteiger partial charge in [0, 0.05) is 24.7 Å². The lowest BCUT2D eigenvalue weighted by atomic mass is 9.94. The molecule has 2 atom stereocenters. The number of carbonyl (C=O) groups is 2. The molecule has 0 aliphatic rings. The summed E-state index contributed by atoms with van der Waals surface area (Å²) in [6.45, 7) is 4.75. The summed E-state index contributed by atoms with van der Waals surface area (Å²) < 4.78 is 0. The highest BCUT2D eigenvalue weighted by atomic mass is 16.3. The Morgan fingerprint density at radius 2 is 1.62 bits per heavy atom. The normalized spacial score (nSPS) is 12.3. The van der Waals surface area contributed by atoms with Crippen LogP contribution in [-0.4, -0.2) is 47.6 Å². The Hall–Kier alpha value is -3.95. The first kappa shape index (κ1) is 29.6. The van der Waals surface area contributed by atoms with Gasteiger partial charge in [0.1, 0.15) is 0 Å². The van der Waals surface area contributed by atoms with Gasteiger partial charge in [-0.15, -0.1) is 0 Å². The van der Waals surface area contributed by atoms with Crippen LogP contribution in [0.4, 0.5) is 0 Å². The van der Waals surface area contributed by atoms with E-state index in [0.29, 0.717) is 47.2 Å². The van der Waals surface area contributed by atoms with Crippen LogP contribution in [-0.2, 0) is 6.42 Å². The standard InChI is InChI=1S/C33H39N3O3/c1-4-6-17-31(37)30(19-24-13-9-8-10-14-24)35-32(38)27-20-26(29-16-12-11-15-25(29)23-34)21-28(22-27)33(39)36(3)18-7-5-2/h8-16,20-22,30-31,37H,4-7,17-19H2,1-3H3,(H,35,38)/t30-,31-/m0/s1. The second kappa shape index (κ2) is 14.8. The number of benzene rings is 3. The summed E-state index contributed by atoms with van der Waals surface area (Å²) in [6, 6.07) is 23.7. The van der Waals surface area contributed by atoms with Gasteiger partial charge in [-0.3, -0.25) is 9.59 Å². The van der Waals surface area contributed by atoms with Gasteiger partial charge in [-0.1, -0.05) is 81.6 Å². The molecule has 2 N–H and O–H groups in total. The Labute approximate surface area is 232 Å². The molecule has 204 valence electrons. The molecule has 3 aromatic rings. The second-order valence-electron chi connectivity index (χ2n) is 10.0. The minimum absolute atomic E-state index is 0.183. The van der Waals surface area contributed by atoms with E-state index in [-0.39, 0.29) is 11.8 Å².